The van der Waals surface area contributed by atoms with Gasteiger partial charge in [-0.3, -0.25) is 0 Å². The minimum Gasteiger partial charge on any atom is -0.497 e. The van der Waals surface area contributed by atoms with Gasteiger partial charge < -0.3 is 14.8 Å². The van der Waals surface area contributed by atoms with Crippen LogP contribution in [0.25, 0.3) is 0 Å². The van der Waals surface area contributed by atoms with Gasteiger partial charge in [0.15, 0.2) is 0 Å². The van der Waals surface area contributed by atoms with E-state index >= 15 is 0 Å². The average Bonchev–Trinajstić information content (AvgIpc) is 2.47. The van der Waals surface area contributed by atoms with E-state index < -0.39 is 11.6 Å². The van der Waals surface area contributed by atoms with Crippen molar-refractivity contribution in [3.05, 3.63) is 59.7 Å². The zero-order valence-electron chi connectivity index (χ0n) is 11.3. The van der Waals surface area contributed by atoms with Crippen molar-refractivity contribution < 1.29 is 14.3 Å². The van der Waals surface area contributed by atoms with E-state index in [-0.39, 0.29) is 0 Å². The Hall–Kier alpha value is -2.49. The number of methoxy groups -OCH3 is 1. The quantitative estimate of drug-likeness (QED) is 0.911. The van der Waals surface area contributed by atoms with Crippen LogP contribution in [0.5, 0.6) is 11.5 Å². The standard InChI is InChI=1S/C16H15NO3/c1-16(11-7-9-12(19-2)10-8-11)13-5-3-4-6-14(13)20-15(18)17-16/h3-10H,1-2H3,(H,17,18)/t16-/m1/s1. The van der Waals surface area contributed by atoms with E-state index in [1.165, 1.54) is 0 Å². The van der Waals surface area contributed by atoms with Crippen molar-refractivity contribution in [1.29, 1.82) is 0 Å². The summed E-state index contributed by atoms with van der Waals surface area (Å²) in [6.07, 6.45) is -0.443. The van der Waals surface area contributed by atoms with Crippen LogP contribution >= 0.6 is 0 Å². The van der Waals surface area contributed by atoms with Crippen LogP contribution in [-0.4, -0.2) is 13.2 Å². The smallest absolute Gasteiger partial charge is 0.413 e. The van der Waals surface area contributed by atoms with Crippen molar-refractivity contribution in [2.75, 3.05) is 7.11 Å². The number of fused-ring (bicyclic) bond motifs is 1. The van der Waals surface area contributed by atoms with Crippen LogP contribution in [0, 0.1) is 0 Å². The molecule has 0 saturated heterocycles. The first kappa shape index (κ1) is 12.5. The summed E-state index contributed by atoms with van der Waals surface area (Å²) in [5.41, 5.74) is 1.30. The van der Waals surface area contributed by atoms with Crippen molar-refractivity contribution in [1.82, 2.24) is 5.32 Å². The van der Waals surface area contributed by atoms with Crippen LogP contribution in [0.4, 0.5) is 4.79 Å². The van der Waals surface area contributed by atoms with Gasteiger partial charge in [-0.05, 0) is 30.7 Å². The summed E-state index contributed by atoms with van der Waals surface area (Å²) in [7, 11) is 1.63. The zero-order valence-corrected chi connectivity index (χ0v) is 11.3. The molecule has 102 valence electrons. The Labute approximate surface area is 117 Å². The molecule has 1 N–H and O–H groups in total. The van der Waals surface area contributed by atoms with Gasteiger partial charge in [-0.15, -0.1) is 0 Å². The van der Waals surface area contributed by atoms with Gasteiger partial charge in [0.25, 0.3) is 0 Å². The monoisotopic (exact) mass is 269 g/mol. The molecule has 4 heteroatoms. The van der Waals surface area contributed by atoms with E-state index in [0.717, 1.165) is 16.9 Å². The summed E-state index contributed by atoms with van der Waals surface area (Å²) >= 11 is 0. The number of para-hydroxylation sites is 1. The van der Waals surface area contributed by atoms with Gasteiger partial charge in [0, 0.05) is 5.56 Å². The number of rotatable bonds is 2. The van der Waals surface area contributed by atoms with Crippen LogP contribution in [0.3, 0.4) is 0 Å². The summed E-state index contributed by atoms with van der Waals surface area (Å²) in [5.74, 6) is 1.37. The van der Waals surface area contributed by atoms with Crippen LogP contribution < -0.4 is 14.8 Å². The molecule has 0 unspecified atom stereocenters. The van der Waals surface area contributed by atoms with Crippen molar-refractivity contribution >= 4 is 6.09 Å². The van der Waals surface area contributed by atoms with Gasteiger partial charge in [0.05, 0.1) is 12.6 Å². The number of carbonyl (C=O) groups excluding carboxylic acids is 1. The molecule has 0 aliphatic carbocycles. The molecule has 4 nitrogen and oxygen atoms in total. The number of amides is 1. The predicted molar refractivity (Wildman–Crippen MR) is 75.0 cm³/mol. The molecule has 0 spiro atoms. The first-order chi connectivity index (χ1) is 9.63. The fourth-order valence-corrected chi connectivity index (χ4v) is 2.52. The maximum atomic E-state index is 11.8. The van der Waals surface area contributed by atoms with Crippen LogP contribution in [0.15, 0.2) is 48.5 Å². The second-order valence-electron chi connectivity index (χ2n) is 4.86. The Morgan fingerprint density at radius 2 is 1.80 bits per heavy atom. The molecule has 1 heterocycles. The van der Waals surface area contributed by atoms with Crippen molar-refractivity contribution in [3.8, 4) is 11.5 Å². The Kier molecular flexibility index (Phi) is 2.86. The fourth-order valence-electron chi connectivity index (χ4n) is 2.52. The molecule has 0 saturated carbocycles. The van der Waals surface area contributed by atoms with Gasteiger partial charge in [-0.1, -0.05) is 30.3 Å². The van der Waals surface area contributed by atoms with Crippen molar-refractivity contribution in [2.24, 2.45) is 0 Å². The molecule has 2 aromatic rings. The van der Waals surface area contributed by atoms with E-state index in [1.807, 2.05) is 49.4 Å². The minimum atomic E-state index is -0.613. The normalized spacial score (nSPS) is 20.6. The number of ether oxygens (including phenoxy) is 2. The maximum Gasteiger partial charge on any atom is 0.413 e. The summed E-state index contributed by atoms with van der Waals surface area (Å²) in [5, 5.41) is 2.90. The molecular formula is C16H15NO3. The molecular weight excluding hydrogens is 254 g/mol. The summed E-state index contributed by atoms with van der Waals surface area (Å²) < 4.78 is 10.4. The second-order valence-corrected chi connectivity index (χ2v) is 4.86. The molecule has 3 rings (SSSR count). The Morgan fingerprint density at radius 1 is 1.10 bits per heavy atom. The van der Waals surface area contributed by atoms with Gasteiger partial charge in [0.2, 0.25) is 0 Å². The summed E-state index contributed by atoms with van der Waals surface area (Å²) in [6.45, 7) is 1.97. The number of carbonyl (C=O) groups is 1. The number of hydrogen-bond donors (Lipinski definition) is 1. The Morgan fingerprint density at radius 3 is 2.50 bits per heavy atom. The highest BCUT2D eigenvalue weighted by Gasteiger charge is 2.38. The summed E-state index contributed by atoms with van der Waals surface area (Å²) in [4.78, 5) is 11.8. The van der Waals surface area contributed by atoms with Gasteiger partial charge in [-0.2, -0.15) is 0 Å². The lowest BCUT2D eigenvalue weighted by atomic mass is 9.83. The molecule has 1 aliphatic heterocycles. The average molecular weight is 269 g/mol. The highest BCUT2D eigenvalue weighted by molar-refractivity contribution is 5.76. The highest BCUT2D eigenvalue weighted by atomic mass is 16.6. The number of benzene rings is 2. The van der Waals surface area contributed by atoms with E-state index in [1.54, 1.807) is 13.2 Å². The summed E-state index contributed by atoms with van der Waals surface area (Å²) in [6, 6.07) is 15.2. The highest BCUT2D eigenvalue weighted by Crippen LogP contribution is 2.38. The molecule has 1 aliphatic rings. The van der Waals surface area contributed by atoms with Gasteiger partial charge in [0.1, 0.15) is 11.5 Å². The predicted octanol–water partition coefficient (Wildman–Crippen LogP) is 3.06. The van der Waals surface area contributed by atoms with E-state index in [9.17, 15) is 4.79 Å². The van der Waals surface area contributed by atoms with Crippen molar-refractivity contribution in [2.45, 2.75) is 12.5 Å². The third-order valence-electron chi connectivity index (χ3n) is 3.65. The molecule has 20 heavy (non-hydrogen) atoms. The Bertz CT molecular complexity index is 651. The zero-order chi connectivity index (χ0) is 14.2. The topological polar surface area (TPSA) is 47.6 Å². The van der Waals surface area contributed by atoms with Gasteiger partial charge >= 0.3 is 6.09 Å². The van der Waals surface area contributed by atoms with Crippen LogP contribution in [0.2, 0.25) is 0 Å². The largest absolute Gasteiger partial charge is 0.497 e. The Balaban J connectivity index is 2.12. The molecule has 0 fully saturated rings. The SMILES string of the molecule is COc1ccc([C@@]2(C)NC(=O)Oc3ccccc32)cc1. The lowest BCUT2D eigenvalue weighted by Gasteiger charge is -2.36. The first-order valence-corrected chi connectivity index (χ1v) is 6.37. The molecule has 0 bridgehead atoms. The second kappa shape index (κ2) is 4.56. The van der Waals surface area contributed by atoms with E-state index in [4.69, 9.17) is 9.47 Å². The number of hydrogen-bond acceptors (Lipinski definition) is 3. The lowest BCUT2D eigenvalue weighted by molar-refractivity contribution is 0.180. The molecule has 1 amide bonds. The molecule has 1 atom stereocenters. The molecule has 0 aromatic heterocycles. The molecule has 2 aromatic carbocycles. The molecule has 0 radical (unpaired) electrons. The maximum absolute atomic E-state index is 11.8. The minimum absolute atomic E-state index is 0.443. The lowest BCUT2D eigenvalue weighted by Crippen LogP contribution is -2.49. The fraction of sp³-hybridized carbons (Fsp3) is 0.188. The van der Waals surface area contributed by atoms with Gasteiger partial charge in [-0.25, -0.2) is 4.79 Å². The first-order valence-electron chi connectivity index (χ1n) is 6.37. The third-order valence-corrected chi connectivity index (χ3v) is 3.65. The third kappa shape index (κ3) is 1.90. The van der Waals surface area contributed by atoms with Crippen LogP contribution in [0.1, 0.15) is 18.1 Å². The van der Waals surface area contributed by atoms with Crippen LogP contribution in [-0.2, 0) is 5.54 Å². The van der Waals surface area contributed by atoms with Crippen molar-refractivity contribution in [3.63, 3.8) is 0 Å². The van der Waals surface area contributed by atoms with E-state index in [0.29, 0.717) is 5.75 Å². The van der Waals surface area contributed by atoms with E-state index in [2.05, 4.69) is 5.32 Å². The number of nitrogens with one attached hydrogen (secondary N) is 1.